The molecule has 0 fully saturated rings. The zero-order chi connectivity index (χ0) is 26.9. The van der Waals surface area contributed by atoms with Crippen molar-refractivity contribution >= 4 is 49.5 Å². The second kappa shape index (κ2) is 13.4. The fraction of sp³-hybridized carbons (Fsp3) is 0.346. The van der Waals surface area contributed by atoms with Gasteiger partial charge in [0.15, 0.2) is 0 Å². The molecule has 1 aromatic carbocycles. The molecule has 0 bridgehead atoms. The molecular weight excluding hydrogens is 555 g/mol. The maximum absolute atomic E-state index is 13.1. The number of benzene rings is 1. The molecule has 2 amide bonds. The Morgan fingerprint density at radius 3 is 2.43 bits per heavy atom. The summed E-state index contributed by atoms with van der Waals surface area (Å²) in [6, 6.07) is 9.75. The van der Waals surface area contributed by atoms with Gasteiger partial charge in [0.05, 0.1) is 0 Å². The summed E-state index contributed by atoms with van der Waals surface area (Å²) >= 11 is 0.747. The number of carbonyl (C=O) groups is 3. The molecule has 2 atom stereocenters. The second-order valence-corrected chi connectivity index (χ2v) is 12.5. The number of carbonyl (C=O) groups excluding carboxylic acids is 3. The average Bonchev–Trinajstić information content (AvgIpc) is 3.29. The summed E-state index contributed by atoms with van der Waals surface area (Å²) in [7, 11) is 1.23. The van der Waals surface area contributed by atoms with Gasteiger partial charge in [-0.25, -0.2) is 0 Å². The summed E-state index contributed by atoms with van der Waals surface area (Å²) in [6.45, 7) is 5.28. The zero-order valence-electron chi connectivity index (χ0n) is 21.3. The van der Waals surface area contributed by atoms with Crippen LogP contribution in [0.1, 0.15) is 48.3 Å². The second-order valence-electron chi connectivity index (χ2n) is 8.46. The van der Waals surface area contributed by atoms with Gasteiger partial charge in [0.1, 0.15) is 0 Å². The number of aromatic hydroxyl groups is 1. The molecule has 2 heterocycles. The molecule has 1 unspecified atom stereocenters. The molecule has 3 aromatic rings. The van der Waals surface area contributed by atoms with Crippen LogP contribution in [0.25, 0.3) is 0 Å². The van der Waals surface area contributed by atoms with E-state index < -0.39 is 33.7 Å². The number of esters is 1. The van der Waals surface area contributed by atoms with Crippen molar-refractivity contribution in [3.8, 4) is 5.75 Å². The number of hydrogen-bond donors (Lipinski definition) is 3. The Labute approximate surface area is 226 Å². The molecule has 11 heteroatoms. The van der Waals surface area contributed by atoms with Crippen molar-refractivity contribution in [2.24, 2.45) is 0 Å². The van der Waals surface area contributed by atoms with Gasteiger partial charge in [-0.1, -0.05) is 0 Å². The molecule has 0 saturated heterocycles. The Hall–Kier alpha value is -3.23. The van der Waals surface area contributed by atoms with E-state index in [9.17, 15) is 19.5 Å². The van der Waals surface area contributed by atoms with Crippen LogP contribution in [0, 0.1) is 20.8 Å². The summed E-state index contributed by atoms with van der Waals surface area (Å²) in [6.07, 6.45) is 1.83. The van der Waals surface area contributed by atoms with Crippen molar-refractivity contribution in [2.75, 3.05) is 13.7 Å². The van der Waals surface area contributed by atoms with E-state index in [-0.39, 0.29) is 18.2 Å². The standard InChI is InChI=1S/C26H31AsN4O5S/c1-15-10-11-21(37-15)23(33)28-14-20(25(35)36-4)31-24(34)22-16(2)29-26(30-17(22)3)27-12-6-8-18-7-5-9-19(32)13-18/h5,7,9-11,13,20,27,32H,6,8,12,14H2,1-4H3,(H,28,33)(H,31,34)/t20-/m0/s1. The SMILES string of the molecule is COC(=O)[C@H](CNC(=O)c1ccc(C)s1)NC(=O)c1c(C)nc([AsH]CCCc2cccc(O)c2)nc1C. The normalized spacial score (nSPS) is 11.9. The van der Waals surface area contributed by atoms with Crippen LogP contribution in [-0.4, -0.2) is 68.3 Å². The number of rotatable bonds is 11. The summed E-state index contributed by atoms with van der Waals surface area (Å²) < 4.78 is 5.59. The zero-order valence-corrected chi connectivity index (χ0v) is 24.2. The molecule has 0 aliphatic heterocycles. The Morgan fingerprint density at radius 2 is 1.81 bits per heavy atom. The number of phenolic OH excluding ortho intramolecular Hbond substituents is 1. The van der Waals surface area contributed by atoms with Crippen LogP contribution in [0.5, 0.6) is 5.75 Å². The third kappa shape index (κ3) is 8.13. The Kier molecular flexibility index (Phi) is 10.2. The van der Waals surface area contributed by atoms with Gasteiger partial charge in [-0.05, 0) is 13.0 Å². The van der Waals surface area contributed by atoms with E-state index in [2.05, 4.69) is 20.6 Å². The number of thiophene rings is 1. The first-order valence-electron chi connectivity index (χ1n) is 11.8. The first kappa shape index (κ1) is 28.3. The van der Waals surface area contributed by atoms with Crippen LogP contribution >= 0.6 is 11.3 Å². The fourth-order valence-electron chi connectivity index (χ4n) is 3.73. The molecule has 0 radical (unpaired) electrons. The van der Waals surface area contributed by atoms with Crippen LogP contribution in [0.15, 0.2) is 36.4 Å². The van der Waals surface area contributed by atoms with Gasteiger partial charge in [0, 0.05) is 4.88 Å². The van der Waals surface area contributed by atoms with Gasteiger partial charge < -0.3 is 0 Å². The number of nitrogens with one attached hydrogen (secondary N) is 2. The molecule has 196 valence electrons. The predicted octanol–water partition coefficient (Wildman–Crippen LogP) is 1.98. The number of amides is 2. The molecule has 0 spiro atoms. The Bertz CT molecular complexity index is 1260. The first-order valence-corrected chi connectivity index (χ1v) is 15.1. The van der Waals surface area contributed by atoms with Crippen molar-refractivity contribution in [1.82, 2.24) is 20.6 Å². The van der Waals surface area contributed by atoms with Gasteiger partial charge >= 0.3 is 209 Å². The summed E-state index contributed by atoms with van der Waals surface area (Å²) in [5.74, 6) is -1.22. The number of ether oxygens (including phenoxy) is 1. The van der Waals surface area contributed by atoms with Crippen LogP contribution in [0.4, 0.5) is 0 Å². The molecule has 0 aliphatic carbocycles. The third-order valence-electron chi connectivity index (χ3n) is 5.56. The molecule has 3 rings (SSSR count). The predicted molar refractivity (Wildman–Crippen MR) is 144 cm³/mol. The van der Waals surface area contributed by atoms with E-state index in [4.69, 9.17) is 4.74 Å². The number of nitrogens with zero attached hydrogens (tertiary/aromatic N) is 2. The van der Waals surface area contributed by atoms with Gasteiger partial charge in [0.2, 0.25) is 0 Å². The minimum atomic E-state index is -1.06. The Morgan fingerprint density at radius 1 is 1.08 bits per heavy atom. The van der Waals surface area contributed by atoms with Crippen LogP contribution in [0.3, 0.4) is 0 Å². The number of aryl methyl sites for hydroxylation is 4. The molecular formula is C26H31AsN4O5S. The van der Waals surface area contributed by atoms with Crippen molar-refractivity contribution in [3.05, 3.63) is 68.7 Å². The average molecular weight is 587 g/mol. The summed E-state index contributed by atoms with van der Waals surface area (Å²) in [5.41, 5.74) is 2.48. The topological polar surface area (TPSA) is 131 Å². The molecule has 9 nitrogen and oxygen atoms in total. The molecule has 37 heavy (non-hydrogen) atoms. The van der Waals surface area contributed by atoms with E-state index in [0.717, 1.165) is 33.1 Å². The van der Waals surface area contributed by atoms with E-state index in [1.165, 1.54) is 18.4 Å². The molecule has 0 aliphatic rings. The van der Waals surface area contributed by atoms with E-state index in [1.807, 2.05) is 25.1 Å². The van der Waals surface area contributed by atoms with Crippen molar-refractivity contribution < 1.29 is 24.2 Å². The number of aromatic nitrogens is 2. The number of phenols is 1. The monoisotopic (exact) mass is 586 g/mol. The van der Waals surface area contributed by atoms with Gasteiger partial charge in [0.25, 0.3) is 0 Å². The van der Waals surface area contributed by atoms with Crippen LogP contribution < -0.4 is 15.2 Å². The van der Waals surface area contributed by atoms with Crippen molar-refractivity contribution in [1.29, 1.82) is 0 Å². The summed E-state index contributed by atoms with van der Waals surface area (Å²) in [5, 5.41) is 15.9. The molecule has 0 saturated carbocycles. The Balaban J connectivity index is 1.59. The first-order chi connectivity index (χ1) is 17.7. The van der Waals surface area contributed by atoms with Crippen molar-refractivity contribution in [2.45, 2.75) is 44.9 Å². The van der Waals surface area contributed by atoms with Gasteiger partial charge in [-0.2, -0.15) is 0 Å². The molecule has 3 N–H and O–H groups in total. The number of methoxy groups -OCH3 is 1. The maximum atomic E-state index is 13.1. The van der Waals surface area contributed by atoms with E-state index in [0.29, 0.717) is 21.8 Å². The van der Waals surface area contributed by atoms with E-state index in [1.54, 1.807) is 32.0 Å². The minimum absolute atomic E-state index is 0.114. The number of hydrogen-bond acceptors (Lipinski definition) is 8. The fourth-order valence-corrected chi connectivity index (χ4v) is 6.76. The third-order valence-corrected chi connectivity index (χ3v) is 8.95. The van der Waals surface area contributed by atoms with Crippen molar-refractivity contribution in [3.63, 3.8) is 0 Å². The van der Waals surface area contributed by atoms with Gasteiger partial charge in [-0.3, -0.25) is 0 Å². The summed E-state index contributed by atoms with van der Waals surface area (Å²) in [4.78, 5) is 48.4. The van der Waals surface area contributed by atoms with Gasteiger partial charge in [-0.15, -0.1) is 0 Å². The quantitative estimate of drug-likeness (QED) is 0.178. The van der Waals surface area contributed by atoms with Crippen LogP contribution in [0.2, 0.25) is 5.21 Å². The van der Waals surface area contributed by atoms with Crippen LogP contribution in [-0.2, 0) is 16.0 Å². The van der Waals surface area contributed by atoms with E-state index >= 15 is 0 Å². The molecule has 2 aromatic heterocycles.